The van der Waals surface area contributed by atoms with E-state index in [1.54, 1.807) is 6.07 Å². The maximum Gasteiger partial charge on any atom is 0.256 e. The Balaban J connectivity index is 1.66. The standard InChI is InChI=1S/C22H25N3O3/c1-14(2)23-20(26)12-16-8-10-17(11-9-16)24-18-13-21(27)25(22(18)28)19-7-5-4-6-15(19)3/h4-11,14,18,24H,12-13H2,1-3H3,(H,23,26). The zero-order valence-electron chi connectivity index (χ0n) is 16.4. The molecule has 2 aromatic carbocycles. The second-order valence-corrected chi connectivity index (χ2v) is 7.35. The molecule has 1 fully saturated rings. The molecule has 28 heavy (non-hydrogen) atoms. The molecule has 1 atom stereocenters. The summed E-state index contributed by atoms with van der Waals surface area (Å²) in [5.41, 5.74) is 3.15. The van der Waals surface area contributed by atoms with E-state index in [2.05, 4.69) is 10.6 Å². The van der Waals surface area contributed by atoms with Crippen LogP contribution in [0.25, 0.3) is 0 Å². The first-order valence-corrected chi connectivity index (χ1v) is 9.42. The molecule has 0 aliphatic carbocycles. The number of nitrogens with one attached hydrogen (secondary N) is 2. The summed E-state index contributed by atoms with van der Waals surface area (Å²) < 4.78 is 0. The van der Waals surface area contributed by atoms with Gasteiger partial charge in [0.05, 0.1) is 18.5 Å². The summed E-state index contributed by atoms with van der Waals surface area (Å²) in [6.07, 6.45) is 0.423. The molecule has 2 N–H and O–H groups in total. The first-order valence-electron chi connectivity index (χ1n) is 9.42. The molecular formula is C22H25N3O3. The van der Waals surface area contributed by atoms with Crippen molar-refractivity contribution in [2.24, 2.45) is 0 Å². The topological polar surface area (TPSA) is 78.5 Å². The number of anilines is 2. The van der Waals surface area contributed by atoms with E-state index in [1.165, 1.54) is 4.90 Å². The first-order chi connectivity index (χ1) is 13.3. The van der Waals surface area contributed by atoms with Crippen LogP contribution in [0, 0.1) is 6.92 Å². The number of benzene rings is 2. The van der Waals surface area contributed by atoms with Gasteiger partial charge in [-0.05, 0) is 50.1 Å². The molecule has 0 radical (unpaired) electrons. The monoisotopic (exact) mass is 379 g/mol. The molecule has 1 heterocycles. The third-order valence-electron chi connectivity index (χ3n) is 4.61. The average molecular weight is 379 g/mol. The van der Waals surface area contributed by atoms with Crippen LogP contribution in [0.2, 0.25) is 0 Å². The Morgan fingerprint density at radius 3 is 2.43 bits per heavy atom. The highest BCUT2D eigenvalue weighted by atomic mass is 16.2. The summed E-state index contributed by atoms with van der Waals surface area (Å²) in [4.78, 5) is 38.3. The summed E-state index contributed by atoms with van der Waals surface area (Å²) in [6, 6.07) is 14.2. The van der Waals surface area contributed by atoms with Gasteiger partial charge >= 0.3 is 0 Å². The van der Waals surface area contributed by atoms with Gasteiger partial charge in [-0.1, -0.05) is 30.3 Å². The predicted molar refractivity (Wildman–Crippen MR) is 109 cm³/mol. The molecule has 1 saturated heterocycles. The Hall–Kier alpha value is -3.15. The number of carbonyl (C=O) groups excluding carboxylic acids is 3. The van der Waals surface area contributed by atoms with Gasteiger partial charge in [-0.15, -0.1) is 0 Å². The van der Waals surface area contributed by atoms with Gasteiger partial charge in [0.15, 0.2) is 0 Å². The quantitative estimate of drug-likeness (QED) is 0.757. The predicted octanol–water partition coefficient (Wildman–Crippen LogP) is 2.81. The minimum Gasteiger partial charge on any atom is -0.373 e. The van der Waals surface area contributed by atoms with E-state index in [0.717, 1.165) is 16.8 Å². The number of para-hydroxylation sites is 1. The van der Waals surface area contributed by atoms with Gasteiger partial charge in [0, 0.05) is 11.7 Å². The van der Waals surface area contributed by atoms with Gasteiger partial charge in [0.1, 0.15) is 6.04 Å². The number of hydrogen-bond donors (Lipinski definition) is 2. The van der Waals surface area contributed by atoms with Crippen LogP contribution in [-0.2, 0) is 20.8 Å². The largest absolute Gasteiger partial charge is 0.373 e. The van der Waals surface area contributed by atoms with Crippen LogP contribution in [0.4, 0.5) is 11.4 Å². The normalized spacial score (nSPS) is 16.6. The number of amides is 3. The lowest BCUT2D eigenvalue weighted by Crippen LogP contribution is -2.35. The Morgan fingerprint density at radius 2 is 1.79 bits per heavy atom. The van der Waals surface area contributed by atoms with Crippen LogP contribution >= 0.6 is 0 Å². The molecule has 146 valence electrons. The van der Waals surface area contributed by atoms with Crippen LogP contribution in [0.5, 0.6) is 0 Å². The lowest BCUT2D eigenvalue weighted by molar-refractivity contribution is -0.122. The fraction of sp³-hybridized carbons (Fsp3) is 0.318. The number of hydrogen-bond acceptors (Lipinski definition) is 4. The molecular weight excluding hydrogens is 354 g/mol. The van der Waals surface area contributed by atoms with E-state index in [-0.39, 0.29) is 30.2 Å². The van der Waals surface area contributed by atoms with E-state index in [9.17, 15) is 14.4 Å². The minimum atomic E-state index is -0.595. The lowest BCUT2D eigenvalue weighted by atomic mass is 10.1. The third kappa shape index (κ3) is 4.39. The summed E-state index contributed by atoms with van der Waals surface area (Å²) in [5, 5.41) is 6.00. The smallest absolute Gasteiger partial charge is 0.256 e. The highest BCUT2D eigenvalue weighted by Crippen LogP contribution is 2.27. The van der Waals surface area contributed by atoms with Gasteiger partial charge in [0.25, 0.3) is 5.91 Å². The van der Waals surface area contributed by atoms with Gasteiger partial charge in [-0.3, -0.25) is 14.4 Å². The van der Waals surface area contributed by atoms with Gasteiger partial charge < -0.3 is 10.6 Å². The zero-order valence-corrected chi connectivity index (χ0v) is 16.4. The van der Waals surface area contributed by atoms with Crippen molar-refractivity contribution in [2.75, 3.05) is 10.2 Å². The van der Waals surface area contributed by atoms with Crippen molar-refractivity contribution in [1.29, 1.82) is 0 Å². The summed E-state index contributed by atoms with van der Waals surface area (Å²) in [6.45, 7) is 5.72. The van der Waals surface area contributed by atoms with Crippen LogP contribution in [0.3, 0.4) is 0 Å². The number of imide groups is 1. The second-order valence-electron chi connectivity index (χ2n) is 7.35. The Morgan fingerprint density at radius 1 is 1.11 bits per heavy atom. The zero-order chi connectivity index (χ0) is 20.3. The molecule has 0 aromatic heterocycles. The molecule has 2 aromatic rings. The molecule has 6 nitrogen and oxygen atoms in total. The highest BCUT2D eigenvalue weighted by molar-refractivity contribution is 6.23. The van der Waals surface area contributed by atoms with Crippen LogP contribution < -0.4 is 15.5 Å². The van der Waals surface area contributed by atoms with Crippen molar-refractivity contribution < 1.29 is 14.4 Å². The third-order valence-corrected chi connectivity index (χ3v) is 4.61. The minimum absolute atomic E-state index is 0.0267. The SMILES string of the molecule is Cc1ccccc1N1C(=O)CC(Nc2ccc(CC(=O)NC(C)C)cc2)C1=O. The fourth-order valence-electron chi connectivity index (χ4n) is 3.29. The van der Waals surface area contributed by atoms with Crippen LogP contribution in [0.1, 0.15) is 31.4 Å². The maximum atomic E-state index is 12.8. The van der Waals surface area contributed by atoms with E-state index < -0.39 is 6.04 Å². The molecule has 1 aliphatic rings. The van der Waals surface area contributed by atoms with E-state index in [1.807, 2.05) is 63.2 Å². The summed E-state index contributed by atoms with van der Waals surface area (Å²) in [5.74, 6) is -0.486. The highest BCUT2D eigenvalue weighted by Gasteiger charge is 2.40. The number of rotatable bonds is 6. The number of nitrogens with zero attached hydrogens (tertiary/aromatic N) is 1. The molecule has 0 saturated carbocycles. The van der Waals surface area contributed by atoms with Crippen molar-refractivity contribution in [3.8, 4) is 0 Å². The Kier molecular flexibility index (Phi) is 5.78. The van der Waals surface area contributed by atoms with Crippen LogP contribution in [-0.4, -0.2) is 29.8 Å². The molecule has 1 unspecified atom stereocenters. The van der Waals surface area contributed by atoms with Crippen molar-refractivity contribution in [3.63, 3.8) is 0 Å². The van der Waals surface area contributed by atoms with Crippen molar-refractivity contribution in [3.05, 3.63) is 59.7 Å². The molecule has 6 heteroatoms. The lowest BCUT2D eigenvalue weighted by Gasteiger charge is -2.18. The van der Waals surface area contributed by atoms with E-state index in [0.29, 0.717) is 12.1 Å². The summed E-state index contributed by atoms with van der Waals surface area (Å²) in [7, 11) is 0. The molecule has 3 amide bonds. The number of carbonyl (C=O) groups is 3. The molecule has 0 spiro atoms. The van der Waals surface area contributed by atoms with Crippen molar-refractivity contribution in [2.45, 2.75) is 45.7 Å². The van der Waals surface area contributed by atoms with Gasteiger partial charge in [-0.25, -0.2) is 4.90 Å². The van der Waals surface area contributed by atoms with Gasteiger partial charge in [0.2, 0.25) is 11.8 Å². The van der Waals surface area contributed by atoms with E-state index >= 15 is 0 Å². The molecule has 0 bridgehead atoms. The summed E-state index contributed by atoms with van der Waals surface area (Å²) >= 11 is 0. The maximum absolute atomic E-state index is 12.8. The van der Waals surface area contributed by atoms with Crippen LogP contribution in [0.15, 0.2) is 48.5 Å². The van der Waals surface area contributed by atoms with E-state index in [4.69, 9.17) is 0 Å². The van der Waals surface area contributed by atoms with Crippen molar-refractivity contribution in [1.82, 2.24) is 5.32 Å². The molecule has 3 rings (SSSR count). The van der Waals surface area contributed by atoms with Gasteiger partial charge in [-0.2, -0.15) is 0 Å². The molecule has 1 aliphatic heterocycles. The fourth-order valence-corrected chi connectivity index (χ4v) is 3.29. The number of aryl methyl sites for hydroxylation is 1. The first kappa shape index (κ1) is 19.6. The Labute approximate surface area is 164 Å². The second kappa shape index (κ2) is 8.25. The average Bonchev–Trinajstić information content (AvgIpc) is 2.90. The van der Waals surface area contributed by atoms with Crippen molar-refractivity contribution >= 4 is 29.1 Å². The Bertz CT molecular complexity index is 890.